The highest BCUT2D eigenvalue weighted by molar-refractivity contribution is 7.93. The predicted octanol–water partition coefficient (Wildman–Crippen LogP) is 3.46. The molecule has 0 saturated carbocycles. The van der Waals surface area contributed by atoms with E-state index in [-0.39, 0.29) is 12.1 Å². The molecule has 9 nitrogen and oxygen atoms in total. The SMILES string of the molecule is O=[N+]([O-])c1cc([N+](=O)[O-])c(S(=O)(=O)Nc2cccc(F)c2)c(C(F)(F)F)c1. The minimum absolute atomic E-state index is 0.0926. The highest BCUT2D eigenvalue weighted by Crippen LogP contribution is 2.42. The Hall–Kier alpha value is -3.29. The first kappa shape index (κ1) is 20.0. The standard InChI is InChI=1S/C13H7F4N3O6S/c14-7-2-1-3-8(4-7)18-27(25,26)12-10(13(15,16)17)5-9(19(21)22)6-11(12)20(23)24/h1-6,18H. The molecule has 144 valence electrons. The van der Waals surface area contributed by atoms with Gasteiger partial charge in [0.15, 0.2) is 4.90 Å². The van der Waals surface area contributed by atoms with Crippen LogP contribution in [-0.4, -0.2) is 18.3 Å². The zero-order chi connectivity index (χ0) is 20.6. The van der Waals surface area contributed by atoms with Crippen molar-refractivity contribution in [2.24, 2.45) is 0 Å². The summed E-state index contributed by atoms with van der Waals surface area (Å²) in [6, 6.07) is 3.55. The van der Waals surface area contributed by atoms with Gasteiger partial charge in [0.1, 0.15) is 5.82 Å². The molecule has 0 saturated heterocycles. The van der Waals surface area contributed by atoms with Gasteiger partial charge in [-0.3, -0.25) is 25.0 Å². The van der Waals surface area contributed by atoms with Crippen molar-refractivity contribution in [1.29, 1.82) is 0 Å². The summed E-state index contributed by atoms with van der Waals surface area (Å²) in [5.74, 6) is -0.926. The van der Waals surface area contributed by atoms with E-state index in [1.54, 1.807) is 4.72 Å². The molecule has 0 radical (unpaired) electrons. The third-order valence-electron chi connectivity index (χ3n) is 3.11. The van der Waals surface area contributed by atoms with Crippen LogP contribution in [0.2, 0.25) is 0 Å². The summed E-state index contributed by atoms with van der Waals surface area (Å²) in [6.07, 6.45) is -5.47. The molecule has 0 atom stereocenters. The number of nitro groups is 2. The van der Waals surface area contributed by atoms with Crippen molar-refractivity contribution in [3.8, 4) is 0 Å². The van der Waals surface area contributed by atoms with Gasteiger partial charge in [-0.15, -0.1) is 0 Å². The summed E-state index contributed by atoms with van der Waals surface area (Å²) in [7, 11) is -5.26. The molecule has 1 N–H and O–H groups in total. The van der Waals surface area contributed by atoms with Crippen LogP contribution in [0.4, 0.5) is 34.6 Å². The first-order valence-corrected chi connectivity index (χ1v) is 8.13. The quantitative estimate of drug-likeness (QED) is 0.457. The van der Waals surface area contributed by atoms with Crippen molar-refractivity contribution in [2.45, 2.75) is 11.1 Å². The molecule has 2 rings (SSSR count). The molecule has 0 aliphatic carbocycles. The van der Waals surface area contributed by atoms with Crippen molar-refractivity contribution in [1.82, 2.24) is 0 Å². The van der Waals surface area contributed by atoms with Crippen LogP contribution in [0.15, 0.2) is 41.3 Å². The van der Waals surface area contributed by atoms with Crippen LogP contribution in [0.5, 0.6) is 0 Å². The number of benzene rings is 2. The van der Waals surface area contributed by atoms with Crippen LogP contribution >= 0.6 is 0 Å². The summed E-state index contributed by atoms with van der Waals surface area (Å²) in [6.45, 7) is 0. The molecular formula is C13H7F4N3O6S. The molecule has 0 unspecified atom stereocenters. The second-order valence-corrected chi connectivity index (χ2v) is 6.59. The van der Waals surface area contributed by atoms with Crippen molar-refractivity contribution in [2.75, 3.05) is 4.72 Å². The molecule has 0 bridgehead atoms. The molecule has 14 heteroatoms. The van der Waals surface area contributed by atoms with Crippen LogP contribution in [0.25, 0.3) is 0 Å². The number of anilines is 1. The first-order valence-electron chi connectivity index (χ1n) is 6.65. The van der Waals surface area contributed by atoms with E-state index in [1.807, 2.05) is 0 Å². The summed E-state index contributed by atoms with van der Waals surface area (Å²) in [5.41, 5.74) is -5.58. The maximum Gasteiger partial charge on any atom is 0.418 e. The van der Waals surface area contributed by atoms with Crippen molar-refractivity contribution >= 4 is 27.1 Å². The van der Waals surface area contributed by atoms with Gasteiger partial charge < -0.3 is 0 Å². The van der Waals surface area contributed by atoms with E-state index in [1.165, 1.54) is 0 Å². The third-order valence-corrected chi connectivity index (χ3v) is 4.58. The average molecular weight is 409 g/mol. The fraction of sp³-hybridized carbons (Fsp3) is 0.0769. The number of rotatable bonds is 5. The number of nitrogens with one attached hydrogen (secondary N) is 1. The molecule has 0 spiro atoms. The van der Waals surface area contributed by atoms with Gasteiger partial charge in [-0.2, -0.15) is 13.2 Å². The highest BCUT2D eigenvalue weighted by atomic mass is 32.2. The Morgan fingerprint density at radius 1 is 1.00 bits per heavy atom. The number of hydrogen-bond donors (Lipinski definition) is 1. The van der Waals surface area contributed by atoms with Crippen LogP contribution in [0, 0.1) is 26.0 Å². The van der Waals surface area contributed by atoms with Gasteiger partial charge in [0.25, 0.3) is 21.4 Å². The molecule has 0 fully saturated rings. The largest absolute Gasteiger partial charge is 0.418 e. The lowest BCUT2D eigenvalue weighted by molar-refractivity contribution is -0.396. The van der Waals surface area contributed by atoms with E-state index in [9.17, 15) is 46.2 Å². The molecule has 0 heterocycles. The fourth-order valence-electron chi connectivity index (χ4n) is 2.09. The second-order valence-electron chi connectivity index (χ2n) is 4.97. The molecule has 0 amide bonds. The monoisotopic (exact) mass is 409 g/mol. The number of nitro benzene ring substituents is 2. The van der Waals surface area contributed by atoms with E-state index >= 15 is 0 Å². The maximum atomic E-state index is 13.3. The van der Waals surface area contributed by atoms with Crippen molar-refractivity contribution in [3.63, 3.8) is 0 Å². The molecule has 2 aromatic carbocycles. The van der Waals surface area contributed by atoms with Crippen molar-refractivity contribution in [3.05, 3.63) is 68.0 Å². The topological polar surface area (TPSA) is 132 Å². The minimum atomic E-state index is -5.47. The molecular weight excluding hydrogens is 402 g/mol. The Labute approximate surface area is 147 Å². The van der Waals surface area contributed by atoms with Gasteiger partial charge >= 0.3 is 6.18 Å². The van der Waals surface area contributed by atoms with E-state index in [4.69, 9.17) is 0 Å². The van der Waals surface area contributed by atoms with Gasteiger partial charge in [0.05, 0.1) is 27.2 Å². The zero-order valence-electron chi connectivity index (χ0n) is 12.7. The second kappa shape index (κ2) is 6.79. The summed E-state index contributed by atoms with van der Waals surface area (Å²) in [4.78, 5) is 17.2. The Morgan fingerprint density at radius 2 is 1.63 bits per heavy atom. The van der Waals surface area contributed by atoms with Crippen LogP contribution in [-0.2, 0) is 16.2 Å². The average Bonchev–Trinajstić information content (AvgIpc) is 2.52. The van der Waals surface area contributed by atoms with Gasteiger partial charge in [-0.05, 0) is 18.2 Å². The molecule has 0 aliphatic rings. The molecule has 2 aromatic rings. The lowest BCUT2D eigenvalue weighted by Gasteiger charge is -2.14. The van der Waals surface area contributed by atoms with E-state index < -0.39 is 59.4 Å². The Kier molecular flexibility index (Phi) is 5.03. The predicted molar refractivity (Wildman–Crippen MR) is 82.0 cm³/mol. The van der Waals surface area contributed by atoms with Gasteiger partial charge in [0, 0.05) is 6.07 Å². The van der Waals surface area contributed by atoms with Gasteiger partial charge in [-0.1, -0.05) is 6.07 Å². The number of nitrogens with zero attached hydrogens (tertiary/aromatic N) is 2. The molecule has 0 aromatic heterocycles. The van der Waals surface area contributed by atoms with Gasteiger partial charge in [0.2, 0.25) is 0 Å². The Morgan fingerprint density at radius 3 is 2.11 bits per heavy atom. The van der Waals surface area contributed by atoms with E-state index in [2.05, 4.69) is 0 Å². The number of halogens is 4. The third kappa shape index (κ3) is 4.28. The number of alkyl halides is 3. The van der Waals surface area contributed by atoms with Crippen LogP contribution in [0.1, 0.15) is 5.56 Å². The number of non-ortho nitro benzene ring substituents is 1. The summed E-state index contributed by atoms with van der Waals surface area (Å²) in [5, 5.41) is 21.8. The van der Waals surface area contributed by atoms with E-state index in [0.29, 0.717) is 6.07 Å². The smallest absolute Gasteiger partial charge is 0.279 e. The number of sulfonamides is 1. The van der Waals surface area contributed by atoms with Crippen LogP contribution in [0.3, 0.4) is 0 Å². The number of hydrogen-bond acceptors (Lipinski definition) is 6. The van der Waals surface area contributed by atoms with Crippen molar-refractivity contribution < 1.29 is 35.8 Å². The Balaban J connectivity index is 2.79. The lowest BCUT2D eigenvalue weighted by Crippen LogP contribution is -2.21. The van der Waals surface area contributed by atoms with Crippen LogP contribution < -0.4 is 4.72 Å². The van der Waals surface area contributed by atoms with Gasteiger partial charge in [-0.25, -0.2) is 12.8 Å². The molecule has 27 heavy (non-hydrogen) atoms. The molecule has 0 aliphatic heterocycles. The van der Waals surface area contributed by atoms with E-state index in [0.717, 1.165) is 18.2 Å². The first-order chi connectivity index (χ1) is 12.3. The summed E-state index contributed by atoms with van der Waals surface area (Å²) >= 11 is 0. The minimum Gasteiger partial charge on any atom is -0.279 e. The zero-order valence-corrected chi connectivity index (χ0v) is 13.5. The maximum absolute atomic E-state index is 13.3. The normalized spacial score (nSPS) is 11.9. The highest BCUT2D eigenvalue weighted by Gasteiger charge is 2.44. The Bertz CT molecular complexity index is 1040. The summed E-state index contributed by atoms with van der Waals surface area (Å²) < 4.78 is 79.3. The lowest BCUT2D eigenvalue weighted by atomic mass is 10.1. The fourth-order valence-corrected chi connectivity index (χ4v) is 3.50.